The summed E-state index contributed by atoms with van der Waals surface area (Å²) in [6, 6.07) is 9.01. The minimum Gasteiger partial charge on any atom is -0.462 e. The summed E-state index contributed by atoms with van der Waals surface area (Å²) < 4.78 is 32.4. The Morgan fingerprint density at radius 3 is 2.24 bits per heavy atom. The topological polar surface area (TPSA) is 136 Å². The van der Waals surface area contributed by atoms with Crippen LogP contribution in [0.3, 0.4) is 0 Å². The number of anilines is 1. The van der Waals surface area contributed by atoms with Crippen LogP contribution in [0.25, 0.3) is 0 Å². The molecule has 2 atom stereocenters. The Labute approximate surface area is 198 Å². The van der Waals surface area contributed by atoms with E-state index in [1.165, 1.54) is 34.6 Å². The van der Waals surface area contributed by atoms with Gasteiger partial charge in [0.25, 0.3) is 11.6 Å². The third-order valence-corrected chi connectivity index (χ3v) is 7.33. The molecule has 0 aromatic heterocycles. The normalized spacial score (nSPS) is 18.8. The highest BCUT2D eigenvalue weighted by molar-refractivity contribution is 7.89. The van der Waals surface area contributed by atoms with Crippen LogP contribution in [0.5, 0.6) is 0 Å². The number of nitrogens with one attached hydrogen (secondary N) is 1. The molecule has 10 nitrogen and oxygen atoms in total. The van der Waals surface area contributed by atoms with Gasteiger partial charge in [0.05, 0.1) is 22.0 Å². The Balaban J connectivity index is 1.80. The van der Waals surface area contributed by atoms with Gasteiger partial charge in [-0.1, -0.05) is 13.8 Å². The Bertz CT molecular complexity index is 1190. The second-order valence-electron chi connectivity index (χ2n) is 8.49. The van der Waals surface area contributed by atoms with Crippen molar-refractivity contribution in [2.75, 3.05) is 25.0 Å². The summed E-state index contributed by atoms with van der Waals surface area (Å²) in [5, 5.41) is 13.8. The second kappa shape index (κ2) is 10.3. The fourth-order valence-corrected chi connectivity index (χ4v) is 5.72. The van der Waals surface area contributed by atoms with Gasteiger partial charge in [-0.3, -0.25) is 14.9 Å². The molecule has 0 saturated carbocycles. The summed E-state index contributed by atoms with van der Waals surface area (Å²) >= 11 is 0. The van der Waals surface area contributed by atoms with Crippen molar-refractivity contribution in [3.8, 4) is 0 Å². The number of sulfonamides is 1. The van der Waals surface area contributed by atoms with E-state index in [0.29, 0.717) is 18.8 Å². The molecule has 1 heterocycles. The van der Waals surface area contributed by atoms with E-state index in [1.807, 2.05) is 13.8 Å². The monoisotopic (exact) mass is 489 g/mol. The average molecular weight is 490 g/mol. The van der Waals surface area contributed by atoms with Gasteiger partial charge in [0.2, 0.25) is 10.0 Å². The van der Waals surface area contributed by atoms with Crippen LogP contribution in [0.2, 0.25) is 0 Å². The van der Waals surface area contributed by atoms with E-state index in [4.69, 9.17) is 4.74 Å². The number of nitro benzene ring substituents is 1. The van der Waals surface area contributed by atoms with Crippen molar-refractivity contribution in [1.82, 2.24) is 4.31 Å². The molecule has 1 aliphatic rings. The number of carbonyl (C=O) groups is 2. The quantitative estimate of drug-likeness (QED) is 0.356. The van der Waals surface area contributed by atoms with Gasteiger partial charge in [-0.25, -0.2) is 13.2 Å². The molecule has 0 bridgehead atoms. The van der Waals surface area contributed by atoms with Crippen LogP contribution in [-0.4, -0.2) is 49.2 Å². The highest BCUT2D eigenvalue weighted by Gasteiger charge is 2.31. The predicted molar refractivity (Wildman–Crippen MR) is 125 cm³/mol. The maximum atomic E-state index is 13.0. The molecule has 2 aromatic carbocycles. The highest BCUT2D eigenvalue weighted by atomic mass is 32.2. The van der Waals surface area contributed by atoms with E-state index in [0.717, 1.165) is 18.6 Å². The number of carbonyl (C=O) groups excluding carboxylic acids is 2. The Hall–Kier alpha value is -3.31. The lowest BCUT2D eigenvalue weighted by Crippen LogP contribution is -2.42. The fraction of sp³-hybridized carbons (Fsp3) is 0.391. The molecule has 2 unspecified atom stereocenters. The number of esters is 1. The largest absolute Gasteiger partial charge is 0.462 e. The van der Waals surface area contributed by atoms with Gasteiger partial charge < -0.3 is 10.1 Å². The van der Waals surface area contributed by atoms with Crippen molar-refractivity contribution in [3.05, 3.63) is 63.7 Å². The molecule has 182 valence electrons. The van der Waals surface area contributed by atoms with Crippen LogP contribution in [0, 0.1) is 22.0 Å². The van der Waals surface area contributed by atoms with Crippen LogP contribution >= 0.6 is 0 Å². The molecule has 0 spiro atoms. The third-order valence-electron chi connectivity index (χ3n) is 5.49. The Kier molecular flexibility index (Phi) is 7.68. The summed E-state index contributed by atoms with van der Waals surface area (Å²) in [5.74, 6) is -0.933. The SMILES string of the molecule is CCOC(=O)c1cc(C(=O)Nc2ccc(S(=O)(=O)N3CC(C)CC(C)C3)cc2)cc([N+](=O)[O-])c1. The van der Waals surface area contributed by atoms with E-state index in [-0.39, 0.29) is 34.5 Å². The van der Waals surface area contributed by atoms with Gasteiger partial charge in [-0.15, -0.1) is 0 Å². The van der Waals surface area contributed by atoms with E-state index in [1.54, 1.807) is 6.92 Å². The number of amides is 1. The van der Waals surface area contributed by atoms with Crippen molar-refractivity contribution in [3.63, 3.8) is 0 Å². The van der Waals surface area contributed by atoms with Crippen molar-refractivity contribution in [1.29, 1.82) is 0 Å². The maximum Gasteiger partial charge on any atom is 0.338 e. The first-order chi connectivity index (χ1) is 16.0. The predicted octanol–water partition coefficient (Wildman–Crippen LogP) is 3.69. The minimum absolute atomic E-state index is 0.0769. The van der Waals surface area contributed by atoms with Gasteiger partial charge >= 0.3 is 5.97 Å². The van der Waals surface area contributed by atoms with E-state index in [9.17, 15) is 28.1 Å². The number of nitro groups is 1. The van der Waals surface area contributed by atoms with Gasteiger partial charge in [0.1, 0.15) is 0 Å². The van der Waals surface area contributed by atoms with Crippen LogP contribution in [0.4, 0.5) is 11.4 Å². The molecule has 1 aliphatic heterocycles. The van der Waals surface area contributed by atoms with Gasteiger partial charge in [-0.2, -0.15) is 4.31 Å². The molecule has 11 heteroatoms. The first-order valence-electron chi connectivity index (χ1n) is 10.9. The third kappa shape index (κ3) is 5.78. The molecular weight excluding hydrogens is 462 g/mol. The number of piperidine rings is 1. The maximum absolute atomic E-state index is 13.0. The summed E-state index contributed by atoms with van der Waals surface area (Å²) in [6.45, 7) is 6.64. The van der Waals surface area contributed by atoms with E-state index < -0.39 is 32.5 Å². The lowest BCUT2D eigenvalue weighted by molar-refractivity contribution is -0.384. The standard InChI is InChI=1S/C23H27N3O7S/c1-4-33-23(28)18-10-17(11-20(12-18)26(29)30)22(27)24-19-5-7-21(8-6-19)34(31,32)25-13-15(2)9-16(3)14-25/h5-8,10-12,15-16H,4,9,13-14H2,1-3H3,(H,24,27). The fourth-order valence-electron chi connectivity index (χ4n) is 4.04. The second-order valence-corrected chi connectivity index (χ2v) is 10.4. The van der Waals surface area contributed by atoms with E-state index in [2.05, 4.69) is 5.32 Å². The zero-order valence-corrected chi connectivity index (χ0v) is 20.0. The lowest BCUT2D eigenvalue weighted by atomic mass is 9.94. The van der Waals surface area contributed by atoms with Crippen LogP contribution in [0.15, 0.2) is 47.4 Å². The molecule has 2 aromatic rings. The molecule has 1 amide bonds. The number of hydrogen-bond acceptors (Lipinski definition) is 7. The number of hydrogen-bond donors (Lipinski definition) is 1. The summed E-state index contributed by atoms with van der Waals surface area (Å²) in [7, 11) is -3.67. The molecule has 1 fully saturated rings. The number of ether oxygens (including phenoxy) is 1. The van der Waals surface area contributed by atoms with Crippen LogP contribution < -0.4 is 5.32 Å². The van der Waals surface area contributed by atoms with Gasteiger partial charge in [0.15, 0.2) is 0 Å². The zero-order chi connectivity index (χ0) is 25.0. The molecule has 1 N–H and O–H groups in total. The highest BCUT2D eigenvalue weighted by Crippen LogP contribution is 2.27. The van der Waals surface area contributed by atoms with Crippen LogP contribution in [-0.2, 0) is 14.8 Å². The summed E-state index contributed by atoms with van der Waals surface area (Å²) in [5.41, 5.74) is -0.353. The average Bonchev–Trinajstić information content (AvgIpc) is 2.78. The summed E-state index contributed by atoms with van der Waals surface area (Å²) in [4.78, 5) is 35.4. The lowest BCUT2D eigenvalue weighted by Gasteiger charge is -2.34. The minimum atomic E-state index is -3.67. The first kappa shape index (κ1) is 25.3. The molecule has 3 rings (SSSR count). The Morgan fingerprint density at radius 2 is 1.68 bits per heavy atom. The molecule has 34 heavy (non-hydrogen) atoms. The van der Waals surface area contributed by atoms with Gasteiger partial charge in [-0.05, 0) is 55.5 Å². The number of benzene rings is 2. The molecule has 1 saturated heterocycles. The molecular formula is C23H27N3O7S. The molecule has 0 aliphatic carbocycles. The van der Waals surface area contributed by atoms with Crippen molar-refractivity contribution >= 4 is 33.3 Å². The van der Waals surface area contributed by atoms with E-state index >= 15 is 0 Å². The zero-order valence-electron chi connectivity index (χ0n) is 19.2. The number of non-ortho nitro benzene ring substituents is 1. The van der Waals surface area contributed by atoms with Crippen LogP contribution in [0.1, 0.15) is 47.9 Å². The Morgan fingerprint density at radius 1 is 1.09 bits per heavy atom. The van der Waals surface area contributed by atoms with Crippen molar-refractivity contribution < 1.29 is 27.7 Å². The number of nitrogens with zero attached hydrogens (tertiary/aromatic N) is 2. The first-order valence-corrected chi connectivity index (χ1v) is 12.3. The number of rotatable bonds is 7. The summed E-state index contributed by atoms with van der Waals surface area (Å²) in [6.07, 6.45) is 0.979. The van der Waals surface area contributed by atoms with Crippen molar-refractivity contribution in [2.45, 2.75) is 32.1 Å². The molecule has 0 radical (unpaired) electrons. The van der Waals surface area contributed by atoms with Gasteiger partial charge in [0, 0.05) is 36.5 Å². The smallest absolute Gasteiger partial charge is 0.338 e. The van der Waals surface area contributed by atoms with Crippen molar-refractivity contribution in [2.24, 2.45) is 11.8 Å².